The fourth-order valence-electron chi connectivity index (χ4n) is 2.06. The number of nitrogens with one attached hydrogen (secondary N) is 1. The molecule has 0 heterocycles. The maximum absolute atomic E-state index is 3.65. The molecule has 0 spiro atoms. The van der Waals surface area contributed by atoms with E-state index < -0.39 is 0 Å². The summed E-state index contributed by atoms with van der Waals surface area (Å²) in [6.45, 7) is 7.81. The van der Waals surface area contributed by atoms with Crippen LogP contribution in [0.5, 0.6) is 0 Å². The summed E-state index contributed by atoms with van der Waals surface area (Å²) >= 11 is 2.05. The fraction of sp³-hybridized carbons (Fsp3) is 0.625. The van der Waals surface area contributed by atoms with Crippen molar-refractivity contribution in [1.82, 2.24) is 5.32 Å². The minimum Gasteiger partial charge on any atom is -0.313 e. The Morgan fingerprint density at radius 3 is 2.72 bits per heavy atom. The van der Waals surface area contributed by atoms with Gasteiger partial charge in [0.1, 0.15) is 0 Å². The lowest BCUT2D eigenvalue weighted by Gasteiger charge is -2.17. The van der Waals surface area contributed by atoms with E-state index in [0.717, 1.165) is 12.3 Å². The van der Waals surface area contributed by atoms with E-state index in [1.807, 2.05) is 0 Å². The van der Waals surface area contributed by atoms with Gasteiger partial charge in [-0.25, -0.2) is 0 Å². The highest BCUT2D eigenvalue weighted by molar-refractivity contribution is 7.98. The molecule has 2 heteroatoms. The number of hydrogen-bond acceptors (Lipinski definition) is 2. The third-order valence-corrected chi connectivity index (χ3v) is 4.17. The highest BCUT2D eigenvalue weighted by atomic mass is 32.2. The molecule has 18 heavy (non-hydrogen) atoms. The van der Waals surface area contributed by atoms with Gasteiger partial charge in [-0.1, -0.05) is 50.1 Å². The normalized spacial score (nSPS) is 12.6. The standard InChI is InChI=1S/C16H27NS/c1-4-7-16(17-10-5-2)13-18-12-15-9-6-8-14(3)11-15/h6,8-9,11,16-17H,4-5,7,10,12-13H2,1-3H3. The van der Waals surface area contributed by atoms with Crippen molar-refractivity contribution < 1.29 is 0 Å². The van der Waals surface area contributed by atoms with Gasteiger partial charge in [-0.3, -0.25) is 0 Å². The van der Waals surface area contributed by atoms with Gasteiger partial charge in [0.2, 0.25) is 0 Å². The van der Waals surface area contributed by atoms with Crippen LogP contribution in [0, 0.1) is 6.92 Å². The zero-order valence-electron chi connectivity index (χ0n) is 12.0. The third kappa shape index (κ3) is 6.46. The molecule has 0 saturated heterocycles. The van der Waals surface area contributed by atoms with Gasteiger partial charge < -0.3 is 5.32 Å². The molecule has 0 bridgehead atoms. The van der Waals surface area contributed by atoms with Crippen molar-refractivity contribution in [1.29, 1.82) is 0 Å². The Balaban J connectivity index is 2.29. The first-order valence-electron chi connectivity index (χ1n) is 7.13. The Morgan fingerprint density at radius 2 is 2.06 bits per heavy atom. The molecule has 1 unspecified atom stereocenters. The van der Waals surface area contributed by atoms with Gasteiger partial charge in [-0.05, 0) is 31.9 Å². The predicted octanol–water partition coefficient (Wildman–Crippen LogP) is 4.40. The Morgan fingerprint density at radius 1 is 1.22 bits per heavy atom. The van der Waals surface area contributed by atoms with Crippen LogP contribution in [0.3, 0.4) is 0 Å². The minimum atomic E-state index is 0.685. The van der Waals surface area contributed by atoms with Crippen LogP contribution in [-0.4, -0.2) is 18.3 Å². The van der Waals surface area contributed by atoms with Gasteiger partial charge >= 0.3 is 0 Å². The summed E-state index contributed by atoms with van der Waals surface area (Å²) in [5.74, 6) is 2.36. The Bertz CT molecular complexity index is 325. The van der Waals surface area contributed by atoms with Crippen LogP contribution >= 0.6 is 11.8 Å². The molecule has 0 fully saturated rings. The van der Waals surface area contributed by atoms with Crippen molar-refractivity contribution in [3.05, 3.63) is 35.4 Å². The molecule has 0 saturated carbocycles. The smallest absolute Gasteiger partial charge is 0.0185 e. The molecule has 1 atom stereocenters. The minimum absolute atomic E-state index is 0.685. The lowest BCUT2D eigenvalue weighted by molar-refractivity contribution is 0.514. The first kappa shape index (κ1) is 15.6. The highest BCUT2D eigenvalue weighted by Crippen LogP contribution is 2.15. The molecule has 0 radical (unpaired) electrons. The maximum Gasteiger partial charge on any atom is 0.0185 e. The molecule has 102 valence electrons. The fourth-order valence-corrected chi connectivity index (χ4v) is 3.16. The van der Waals surface area contributed by atoms with Crippen molar-refractivity contribution >= 4 is 11.8 Å². The van der Waals surface area contributed by atoms with Gasteiger partial charge in [0.25, 0.3) is 0 Å². The largest absolute Gasteiger partial charge is 0.313 e. The molecule has 1 rings (SSSR count). The molecule has 1 N–H and O–H groups in total. The summed E-state index contributed by atoms with van der Waals surface area (Å²) in [5.41, 5.74) is 2.81. The van der Waals surface area contributed by atoms with Crippen molar-refractivity contribution in [3.63, 3.8) is 0 Å². The third-order valence-electron chi connectivity index (χ3n) is 2.99. The van der Waals surface area contributed by atoms with Gasteiger partial charge in [0.15, 0.2) is 0 Å². The number of rotatable bonds is 9. The second-order valence-corrected chi connectivity index (χ2v) is 5.97. The van der Waals surface area contributed by atoms with E-state index in [9.17, 15) is 0 Å². The van der Waals surface area contributed by atoms with Gasteiger partial charge in [0, 0.05) is 17.5 Å². The van der Waals surface area contributed by atoms with Crippen molar-refractivity contribution in [3.8, 4) is 0 Å². The number of aryl methyl sites for hydroxylation is 1. The van der Waals surface area contributed by atoms with Crippen LogP contribution in [0.15, 0.2) is 24.3 Å². The monoisotopic (exact) mass is 265 g/mol. The molecular formula is C16H27NS. The zero-order valence-corrected chi connectivity index (χ0v) is 12.9. The van der Waals surface area contributed by atoms with E-state index in [0.29, 0.717) is 6.04 Å². The van der Waals surface area contributed by atoms with Gasteiger partial charge in [0.05, 0.1) is 0 Å². The first-order valence-corrected chi connectivity index (χ1v) is 8.28. The van der Waals surface area contributed by atoms with Gasteiger partial charge in [-0.2, -0.15) is 11.8 Å². The van der Waals surface area contributed by atoms with E-state index in [1.54, 1.807) is 0 Å². The van der Waals surface area contributed by atoms with Crippen molar-refractivity contribution in [2.75, 3.05) is 12.3 Å². The van der Waals surface area contributed by atoms with E-state index in [1.165, 1.54) is 36.1 Å². The van der Waals surface area contributed by atoms with E-state index in [2.05, 4.69) is 62.1 Å². The topological polar surface area (TPSA) is 12.0 Å². The van der Waals surface area contributed by atoms with E-state index >= 15 is 0 Å². The van der Waals surface area contributed by atoms with Crippen molar-refractivity contribution in [2.24, 2.45) is 0 Å². The molecule has 0 aliphatic heterocycles. The Labute approximate surface area is 117 Å². The van der Waals surface area contributed by atoms with Crippen LogP contribution in [0.2, 0.25) is 0 Å². The summed E-state index contributed by atoms with van der Waals surface area (Å²) in [5, 5.41) is 3.65. The summed E-state index contributed by atoms with van der Waals surface area (Å²) in [4.78, 5) is 0. The SMILES string of the molecule is CCCNC(CCC)CSCc1cccc(C)c1. The molecule has 1 aromatic carbocycles. The molecule has 0 aliphatic carbocycles. The number of hydrogen-bond donors (Lipinski definition) is 1. The summed E-state index contributed by atoms with van der Waals surface area (Å²) in [6.07, 6.45) is 3.79. The Hall–Kier alpha value is -0.470. The Kier molecular flexibility index (Phi) is 8.19. The quantitative estimate of drug-likeness (QED) is 0.710. The van der Waals surface area contributed by atoms with Crippen LogP contribution in [-0.2, 0) is 5.75 Å². The van der Waals surface area contributed by atoms with Gasteiger partial charge in [-0.15, -0.1) is 0 Å². The summed E-state index contributed by atoms with van der Waals surface area (Å²) in [7, 11) is 0. The highest BCUT2D eigenvalue weighted by Gasteiger charge is 2.06. The molecule has 0 aromatic heterocycles. The summed E-state index contributed by atoms with van der Waals surface area (Å²) in [6, 6.07) is 9.53. The summed E-state index contributed by atoms with van der Waals surface area (Å²) < 4.78 is 0. The number of benzene rings is 1. The van der Waals surface area contributed by atoms with Crippen LogP contribution < -0.4 is 5.32 Å². The van der Waals surface area contributed by atoms with Crippen LogP contribution in [0.25, 0.3) is 0 Å². The second kappa shape index (κ2) is 9.46. The average molecular weight is 265 g/mol. The van der Waals surface area contributed by atoms with Crippen molar-refractivity contribution in [2.45, 2.75) is 51.8 Å². The second-order valence-electron chi connectivity index (χ2n) is 4.94. The lowest BCUT2D eigenvalue weighted by atomic mass is 10.2. The average Bonchev–Trinajstić information content (AvgIpc) is 2.36. The lowest BCUT2D eigenvalue weighted by Crippen LogP contribution is -2.31. The first-order chi connectivity index (χ1) is 8.76. The zero-order chi connectivity index (χ0) is 13.2. The van der Waals surface area contributed by atoms with E-state index in [-0.39, 0.29) is 0 Å². The molecule has 1 nitrogen and oxygen atoms in total. The molecular weight excluding hydrogens is 238 g/mol. The molecule has 0 amide bonds. The number of thioether (sulfide) groups is 1. The van der Waals surface area contributed by atoms with Crippen LogP contribution in [0.1, 0.15) is 44.2 Å². The van der Waals surface area contributed by atoms with E-state index in [4.69, 9.17) is 0 Å². The molecule has 1 aromatic rings. The maximum atomic E-state index is 3.65. The molecule has 0 aliphatic rings. The predicted molar refractivity (Wildman–Crippen MR) is 84.3 cm³/mol. The van der Waals surface area contributed by atoms with Crippen LogP contribution in [0.4, 0.5) is 0 Å².